The van der Waals surface area contributed by atoms with Crippen LogP contribution in [-0.2, 0) is 10.0 Å². The van der Waals surface area contributed by atoms with Crippen molar-refractivity contribution in [3.8, 4) is 0 Å². The van der Waals surface area contributed by atoms with E-state index in [1.807, 2.05) is 19.1 Å². The molecule has 1 unspecified atom stereocenters. The maximum Gasteiger partial charge on any atom is 0.245 e. The molecule has 1 aliphatic heterocycles. The molecule has 1 fully saturated rings. The number of hydrogen-bond donors (Lipinski definition) is 1. The lowest BCUT2D eigenvalue weighted by molar-refractivity contribution is 0.388. The molecule has 1 N–H and O–H groups in total. The highest BCUT2D eigenvalue weighted by atomic mass is 32.2. The van der Waals surface area contributed by atoms with Crippen LogP contribution in [0, 0.1) is 11.8 Å². The number of para-hydroxylation sites is 1. The van der Waals surface area contributed by atoms with Gasteiger partial charge in [-0.25, -0.2) is 8.42 Å². The zero-order chi connectivity index (χ0) is 14.8. The first kappa shape index (κ1) is 15.3. The molecule has 0 bridgehead atoms. The van der Waals surface area contributed by atoms with E-state index >= 15 is 0 Å². The van der Waals surface area contributed by atoms with E-state index in [2.05, 4.69) is 19.2 Å². The normalized spacial score (nSPS) is 20.5. The summed E-state index contributed by atoms with van der Waals surface area (Å²) in [7, 11) is -3.39. The molecule has 0 aromatic heterocycles. The summed E-state index contributed by atoms with van der Waals surface area (Å²) in [6.45, 7) is 8.27. The molecule has 0 aliphatic carbocycles. The van der Waals surface area contributed by atoms with Crippen molar-refractivity contribution in [2.45, 2.75) is 32.1 Å². The van der Waals surface area contributed by atoms with E-state index < -0.39 is 10.0 Å². The predicted molar refractivity (Wildman–Crippen MR) is 82.3 cm³/mol. The van der Waals surface area contributed by atoms with Gasteiger partial charge in [0.05, 0.1) is 5.69 Å². The highest BCUT2D eigenvalue weighted by Crippen LogP contribution is 2.31. The van der Waals surface area contributed by atoms with Crippen molar-refractivity contribution < 1.29 is 8.42 Å². The Balaban J connectivity index is 2.28. The Kier molecular flexibility index (Phi) is 4.70. The van der Waals surface area contributed by atoms with Gasteiger partial charge in [0.25, 0.3) is 0 Å². The van der Waals surface area contributed by atoms with Crippen molar-refractivity contribution in [3.63, 3.8) is 0 Å². The van der Waals surface area contributed by atoms with Gasteiger partial charge < -0.3 is 5.32 Å². The van der Waals surface area contributed by atoms with Gasteiger partial charge in [0.15, 0.2) is 0 Å². The Bertz CT molecular complexity index is 555. The standard InChI is InChI=1S/C15H24N2O2S/c1-4-16-14-7-5-6-8-15(14)20(18,19)17-10-9-13(11-17)12(2)3/h5-8,12-13,16H,4,9-11H2,1-3H3. The first-order valence-electron chi connectivity index (χ1n) is 7.30. The van der Waals surface area contributed by atoms with Gasteiger partial charge in [-0.05, 0) is 37.3 Å². The minimum Gasteiger partial charge on any atom is -0.384 e. The number of nitrogens with zero attached hydrogens (tertiary/aromatic N) is 1. The van der Waals surface area contributed by atoms with Gasteiger partial charge >= 0.3 is 0 Å². The minimum atomic E-state index is -3.39. The molecular weight excluding hydrogens is 272 g/mol. The summed E-state index contributed by atoms with van der Waals surface area (Å²) in [5.41, 5.74) is 0.697. The molecular formula is C15H24N2O2S. The van der Waals surface area contributed by atoms with E-state index in [-0.39, 0.29) is 0 Å². The third-order valence-electron chi connectivity index (χ3n) is 4.00. The topological polar surface area (TPSA) is 49.4 Å². The number of hydrogen-bond acceptors (Lipinski definition) is 3. The van der Waals surface area contributed by atoms with E-state index in [0.717, 1.165) is 6.42 Å². The molecule has 1 atom stereocenters. The second kappa shape index (κ2) is 6.14. The van der Waals surface area contributed by atoms with Crippen LogP contribution in [0.2, 0.25) is 0 Å². The second-order valence-electron chi connectivity index (χ2n) is 5.68. The van der Waals surface area contributed by atoms with Crippen molar-refractivity contribution in [1.82, 2.24) is 4.31 Å². The number of anilines is 1. The quantitative estimate of drug-likeness (QED) is 0.909. The first-order chi connectivity index (χ1) is 9.46. The summed E-state index contributed by atoms with van der Waals surface area (Å²) in [5.74, 6) is 0.996. The third-order valence-corrected chi connectivity index (χ3v) is 5.93. The molecule has 0 saturated carbocycles. The van der Waals surface area contributed by atoms with Crippen LogP contribution < -0.4 is 5.32 Å². The van der Waals surface area contributed by atoms with E-state index in [1.165, 1.54) is 0 Å². The van der Waals surface area contributed by atoms with E-state index in [0.29, 0.717) is 42.1 Å². The van der Waals surface area contributed by atoms with Gasteiger partial charge in [-0.2, -0.15) is 4.31 Å². The Morgan fingerprint density at radius 1 is 1.35 bits per heavy atom. The van der Waals surface area contributed by atoms with E-state index in [4.69, 9.17) is 0 Å². The van der Waals surface area contributed by atoms with Crippen LogP contribution in [0.25, 0.3) is 0 Å². The Labute approximate surface area is 122 Å². The Morgan fingerprint density at radius 2 is 2.05 bits per heavy atom. The molecule has 0 amide bonds. The average molecular weight is 296 g/mol. The smallest absolute Gasteiger partial charge is 0.245 e. The van der Waals surface area contributed by atoms with Crippen molar-refractivity contribution in [2.24, 2.45) is 11.8 Å². The van der Waals surface area contributed by atoms with Crippen molar-refractivity contribution in [3.05, 3.63) is 24.3 Å². The van der Waals surface area contributed by atoms with E-state index in [9.17, 15) is 8.42 Å². The zero-order valence-corrected chi connectivity index (χ0v) is 13.3. The molecule has 0 radical (unpaired) electrons. The third kappa shape index (κ3) is 2.99. The summed E-state index contributed by atoms with van der Waals surface area (Å²) in [6.07, 6.45) is 0.959. The fraction of sp³-hybridized carbons (Fsp3) is 0.600. The molecule has 1 saturated heterocycles. The molecule has 1 heterocycles. The van der Waals surface area contributed by atoms with Gasteiger partial charge in [-0.1, -0.05) is 26.0 Å². The monoisotopic (exact) mass is 296 g/mol. The molecule has 0 spiro atoms. The van der Waals surface area contributed by atoms with E-state index in [1.54, 1.807) is 16.4 Å². The fourth-order valence-electron chi connectivity index (χ4n) is 2.68. The number of benzene rings is 1. The van der Waals surface area contributed by atoms with Crippen molar-refractivity contribution in [2.75, 3.05) is 25.0 Å². The Morgan fingerprint density at radius 3 is 2.65 bits per heavy atom. The number of rotatable bonds is 5. The highest BCUT2D eigenvalue weighted by molar-refractivity contribution is 7.89. The summed E-state index contributed by atoms with van der Waals surface area (Å²) in [6, 6.07) is 7.16. The van der Waals surface area contributed by atoms with Gasteiger partial charge in [-0.15, -0.1) is 0 Å². The van der Waals surface area contributed by atoms with Crippen LogP contribution in [0.15, 0.2) is 29.2 Å². The molecule has 1 aromatic carbocycles. The van der Waals surface area contributed by atoms with Gasteiger partial charge in [0.1, 0.15) is 4.90 Å². The minimum absolute atomic E-state index is 0.395. The second-order valence-corrected chi connectivity index (χ2v) is 7.59. The van der Waals surface area contributed by atoms with Gasteiger partial charge in [-0.3, -0.25) is 0 Å². The summed E-state index contributed by atoms with van der Waals surface area (Å²) in [5, 5.41) is 3.13. The molecule has 20 heavy (non-hydrogen) atoms. The summed E-state index contributed by atoms with van der Waals surface area (Å²) in [4.78, 5) is 0.395. The largest absolute Gasteiger partial charge is 0.384 e. The van der Waals surface area contributed by atoms with Crippen LogP contribution in [0.1, 0.15) is 27.2 Å². The summed E-state index contributed by atoms with van der Waals surface area (Å²) < 4.78 is 27.2. The predicted octanol–water partition coefficient (Wildman–Crippen LogP) is 2.79. The van der Waals surface area contributed by atoms with Crippen LogP contribution in [0.4, 0.5) is 5.69 Å². The lowest BCUT2D eigenvalue weighted by Gasteiger charge is -2.20. The number of nitrogens with one attached hydrogen (secondary N) is 1. The van der Waals surface area contributed by atoms with Crippen LogP contribution in [0.3, 0.4) is 0 Å². The molecule has 5 heteroatoms. The van der Waals surface area contributed by atoms with Gasteiger partial charge in [0, 0.05) is 19.6 Å². The summed E-state index contributed by atoms with van der Waals surface area (Å²) >= 11 is 0. The molecule has 112 valence electrons. The fourth-order valence-corrected chi connectivity index (χ4v) is 4.36. The van der Waals surface area contributed by atoms with Gasteiger partial charge in [0.2, 0.25) is 10.0 Å². The highest BCUT2D eigenvalue weighted by Gasteiger charge is 2.34. The maximum absolute atomic E-state index is 12.8. The number of sulfonamides is 1. The molecule has 1 aliphatic rings. The lowest BCUT2D eigenvalue weighted by Crippen LogP contribution is -2.30. The first-order valence-corrected chi connectivity index (χ1v) is 8.74. The molecule has 2 rings (SSSR count). The van der Waals surface area contributed by atoms with Crippen molar-refractivity contribution >= 4 is 15.7 Å². The lowest BCUT2D eigenvalue weighted by atomic mass is 9.96. The Hall–Kier alpha value is -1.07. The maximum atomic E-state index is 12.8. The van der Waals surface area contributed by atoms with Crippen LogP contribution >= 0.6 is 0 Å². The average Bonchev–Trinajstić information content (AvgIpc) is 2.90. The van der Waals surface area contributed by atoms with Crippen LogP contribution in [-0.4, -0.2) is 32.4 Å². The SMILES string of the molecule is CCNc1ccccc1S(=O)(=O)N1CCC(C(C)C)C1. The molecule has 1 aromatic rings. The van der Waals surface area contributed by atoms with Crippen molar-refractivity contribution in [1.29, 1.82) is 0 Å². The molecule has 4 nitrogen and oxygen atoms in total. The van der Waals surface area contributed by atoms with Crippen LogP contribution in [0.5, 0.6) is 0 Å². The zero-order valence-electron chi connectivity index (χ0n) is 12.5.